The predicted octanol–water partition coefficient (Wildman–Crippen LogP) is -0.776. The average Bonchev–Trinajstić information content (AvgIpc) is 2.22. The van der Waals surface area contributed by atoms with Crippen LogP contribution in [0.25, 0.3) is 0 Å². The van der Waals surface area contributed by atoms with Gasteiger partial charge in [0.2, 0.25) is 11.8 Å². The van der Waals surface area contributed by atoms with Crippen molar-refractivity contribution in [3.8, 4) is 0 Å². The van der Waals surface area contributed by atoms with Gasteiger partial charge in [-0.05, 0) is 12.5 Å². The smallest absolute Gasteiger partial charge is 0.239 e. The van der Waals surface area contributed by atoms with Crippen molar-refractivity contribution < 1.29 is 9.59 Å². The number of carbonyl (C=O) groups is 2. The molecule has 0 radical (unpaired) electrons. The van der Waals surface area contributed by atoms with E-state index in [1.165, 1.54) is 7.05 Å². The summed E-state index contributed by atoms with van der Waals surface area (Å²) in [4.78, 5) is 22.0. The Balaban J connectivity index is 3.69. The van der Waals surface area contributed by atoms with E-state index in [0.29, 0.717) is 13.0 Å². The molecule has 0 aliphatic heterocycles. The van der Waals surface area contributed by atoms with E-state index in [4.69, 9.17) is 5.73 Å². The highest BCUT2D eigenvalue weighted by molar-refractivity contribution is 5.84. The number of rotatable bonds is 6. The number of carbonyl (C=O) groups excluding carboxylic acids is 2. The average molecular weight is 201 g/mol. The van der Waals surface area contributed by atoms with Crippen LogP contribution in [-0.2, 0) is 9.59 Å². The van der Waals surface area contributed by atoms with E-state index in [1.807, 2.05) is 6.92 Å². The molecule has 0 aromatic heterocycles. The quantitative estimate of drug-likeness (QED) is 0.527. The number of likely N-dealkylation sites (N-methyl/N-ethyl adjacent to an activating group) is 1. The molecule has 0 spiro atoms. The van der Waals surface area contributed by atoms with Crippen LogP contribution in [0, 0.1) is 5.92 Å². The summed E-state index contributed by atoms with van der Waals surface area (Å²) >= 11 is 0. The molecule has 0 aromatic rings. The molecule has 0 bridgehead atoms. The van der Waals surface area contributed by atoms with E-state index in [-0.39, 0.29) is 24.3 Å². The number of hydrogen-bond donors (Lipinski definition) is 3. The van der Waals surface area contributed by atoms with Crippen LogP contribution in [0.3, 0.4) is 0 Å². The molecule has 4 N–H and O–H groups in total. The summed E-state index contributed by atoms with van der Waals surface area (Å²) in [6.45, 7) is 2.53. The molecule has 5 nitrogen and oxygen atoms in total. The lowest BCUT2D eigenvalue weighted by atomic mass is 10.0. The fourth-order valence-corrected chi connectivity index (χ4v) is 0.996. The van der Waals surface area contributed by atoms with Gasteiger partial charge < -0.3 is 16.4 Å². The van der Waals surface area contributed by atoms with Crippen molar-refractivity contribution in [2.75, 3.05) is 20.1 Å². The van der Waals surface area contributed by atoms with Gasteiger partial charge in [-0.1, -0.05) is 13.3 Å². The van der Waals surface area contributed by atoms with Gasteiger partial charge in [0.25, 0.3) is 0 Å². The van der Waals surface area contributed by atoms with Crippen LogP contribution in [0.1, 0.15) is 19.8 Å². The van der Waals surface area contributed by atoms with Crippen LogP contribution in [0.15, 0.2) is 0 Å². The minimum atomic E-state index is -0.195. The number of nitrogens with one attached hydrogen (secondary N) is 2. The van der Waals surface area contributed by atoms with Gasteiger partial charge in [0, 0.05) is 13.5 Å². The Morgan fingerprint density at radius 1 is 1.36 bits per heavy atom. The van der Waals surface area contributed by atoms with Crippen molar-refractivity contribution in [1.82, 2.24) is 10.6 Å². The highest BCUT2D eigenvalue weighted by Crippen LogP contribution is 2.04. The van der Waals surface area contributed by atoms with Crippen LogP contribution >= 0.6 is 0 Å². The molecule has 0 saturated carbocycles. The van der Waals surface area contributed by atoms with Crippen LogP contribution < -0.4 is 16.4 Å². The predicted molar refractivity (Wildman–Crippen MR) is 54.5 cm³/mol. The van der Waals surface area contributed by atoms with E-state index in [9.17, 15) is 9.59 Å². The second-order valence-corrected chi connectivity index (χ2v) is 3.16. The topological polar surface area (TPSA) is 84.2 Å². The first-order valence-electron chi connectivity index (χ1n) is 4.81. The summed E-state index contributed by atoms with van der Waals surface area (Å²) in [7, 11) is 1.53. The van der Waals surface area contributed by atoms with E-state index >= 15 is 0 Å². The molecule has 1 unspecified atom stereocenters. The third-order valence-corrected chi connectivity index (χ3v) is 2.11. The summed E-state index contributed by atoms with van der Waals surface area (Å²) < 4.78 is 0. The van der Waals surface area contributed by atoms with Gasteiger partial charge in [-0.25, -0.2) is 0 Å². The molecule has 82 valence electrons. The Hall–Kier alpha value is -1.10. The third kappa shape index (κ3) is 5.53. The lowest BCUT2D eigenvalue weighted by Crippen LogP contribution is -2.36. The first-order valence-corrected chi connectivity index (χ1v) is 4.81. The first kappa shape index (κ1) is 12.9. The molecule has 14 heavy (non-hydrogen) atoms. The normalized spacial score (nSPS) is 11.9. The number of amides is 2. The second-order valence-electron chi connectivity index (χ2n) is 3.16. The Morgan fingerprint density at radius 2 is 2.00 bits per heavy atom. The maximum Gasteiger partial charge on any atom is 0.239 e. The zero-order valence-corrected chi connectivity index (χ0v) is 8.80. The summed E-state index contributed by atoms with van der Waals surface area (Å²) in [5, 5.41) is 4.95. The zero-order valence-electron chi connectivity index (χ0n) is 8.80. The molecule has 1 atom stereocenters. The molecule has 0 fully saturated rings. The third-order valence-electron chi connectivity index (χ3n) is 2.11. The fourth-order valence-electron chi connectivity index (χ4n) is 0.996. The Kier molecular flexibility index (Phi) is 6.74. The maximum absolute atomic E-state index is 11.2. The maximum atomic E-state index is 11.2. The van der Waals surface area contributed by atoms with E-state index in [2.05, 4.69) is 10.6 Å². The Labute approximate surface area is 84.4 Å². The van der Waals surface area contributed by atoms with Crippen molar-refractivity contribution in [3.05, 3.63) is 0 Å². The van der Waals surface area contributed by atoms with Crippen molar-refractivity contribution in [3.63, 3.8) is 0 Å². The monoisotopic (exact) mass is 201 g/mol. The van der Waals surface area contributed by atoms with Crippen LogP contribution in [-0.4, -0.2) is 32.0 Å². The molecule has 0 heterocycles. The van der Waals surface area contributed by atoms with Crippen molar-refractivity contribution >= 4 is 11.8 Å². The lowest BCUT2D eigenvalue weighted by Gasteiger charge is -2.11. The van der Waals surface area contributed by atoms with Gasteiger partial charge in [0.15, 0.2) is 0 Å². The van der Waals surface area contributed by atoms with Crippen molar-refractivity contribution in [2.24, 2.45) is 11.7 Å². The van der Waals surface area contributed by atoms with Crippen LogP contribution in [0.5, 0.6) is 0 Å². The van der Waals surface area contributed by atoms with Gasteiger partial charge in [0.05, 0.1) is 6.54 Å². The summed E-state index contributed by atoms with van der Waals surface area (Å²) in [5.41, 5.74) is 5.45. The Morgan fingerprint density at radius 3 is 2.43 bits per heavy atom. The molecule has 0 aromatic carbocycles. The number of hydrogen-bond acceptors (Lipinski definition) is 3. The summed E-state index contributed by atoms with van der Waals surface area (Å²) in [6.07, 6.45) is 1.27. The SMILES string of the molecule is CCC(CN)CC(=O)NCC(=O)NC. The van der Waals surface area contributed by atoms with Gasteiger partial charge >= 0.3 is 0 Å². The molecular weight excluding hydrogens is 182 g/mol. The van der Waals surface area contributed by atoms with Crippen molar-refractivity contribution in [2.45, 2.75) is 19.8 Å². The van der Waals surface area contributed by atoms with E-state index < -0.39 is 0 Å². The van der Waals surface area contributed by atoms with Crippen LogP contribution in [0.2, 0.25) is 0 Å². The zero-order chi connectivity index (χ0) is 11.0. The van der Waals surface area contributed by atoms with Gasteiger partial charge in [-0.2, -0.15) is 0 Å². The number of nitrogens with two attached hydrogens (primary N) is 1. The van der Waals surface area contributed by atoms with Crippen molar-refractivity contribution in [1.29, 1.82) is 0 Å². The van der Waals surface area contributed by atoms with Gasteiger partial charge in [-0.15, -0.1) is 0 Å². The van der Waals surface area contributed by atoms with Gasteiger partial charge in [-0.3, -0.25) is 9.59 Å². The summed E-state index contributed by atoms with van der Waals surface area (Å²) in [6, 6.07) is 0. The highest BCUT2D eigenvalue weighted by Gasteiger charge is 2.10. The van der Waals surface area contributed by atoms with Crippen LogP contribution in [0.4, 0.5) is 0 Å². The van der Waals surface area contributed by atoms with Gasteiger partial charge in [0.1, 0.15) is 0 Å². The molecule has 0 rings (SSSR count). The molecular formula is C9H19N3O2. The largest absolute Gasteiger partial charge is 0.358 e. The molecule has 0 aliphatic rings. The Bertz CT molecular complexity index is 190. The summed E-state index contributed by atoms with van der Waals surface area (Å²) in [5.74, 6) is -0.107. The first-order chi connectivity index (χ1) is 6.63. The fraction of sp³-hybridized carbons (Fsp3) is 0.778. The second kappa shape index (κ2) is 7.32. The molecule has 2 amide bonds. The minimum absolute atomic E-state index is 0.0380. The molecule has 5 heteroatoms. The standard InChI is InChI=1S/C9H19N3O2/c1-3-7(5-10)4-8(13)12-6-9(14)11-2/h7H,3-6,10H2,1-2H3,(H,11,14)(H,12,13). The van der Waals surface area contributed by atoms with E-state index in [0.717, 1.165) is 6.42 Å². The lowest BCUT2D eigenvalue weighted by molar-refractivity contribution is -0.126. The minimum Gasteiger partial charge on any atom is -0.358 e. The molecule has 0 aliphatic carbocycles. The van der Waals surface area contributed by atoms with E-state index in [1.54, 1.807) is 0 Å². The highest BCUT2D eigenvalue weighted by atomic mass is 16.2. The molecule has 0 saturated heterocycles.